The highest BCUT2D eigenvalue weighted by Crippen LogP contribution is 2.17. The average molecular weight is 439 g/mol. The van der Waals surface area contributed by atoms with Gasteiger partial charge in [-0.2, -0.15) is 10.2 Å². The maximum atomic E-state index is 5.96. The van der Waals surface area contributed by atoms with E-state index < -0.39 is 0 Å². The predicted octanol–water partition coefficient (Wildman–Crippen LogP) is 4.63. The van der Waals surface area contributed by atoms with Crippen LogP contribution in [0.15, 0.2) is 79.4 Å². The molecule has 0 aliphatic rings. The molecule has 9 heteroatoms. The molecule has 0 fully saturated rings. The van der Waals surface area contributed by atoms with E-state index in [1.165, 1.54) is 5.56 Å². The highest BCUT2D eigenvalue weighted by Gasteiger charge is 2.05. The first-order chi connectivity index (χ1) is 14.6. The second-order valence-electron chi connectivity index (χ2n) is 6.49. The Kier molecular flexibility index (Phi) is 6.26. The van der Waals surface area contributed by atoms with E-state index in [1.54, 1.807) is 35.4 Å². The van der Waals surface area contributed by atoms with Gasteiger partial charge in [-0.3, -0.25) is 4.68 Å². The molecule has 2 aromatic carbocycles. The van der Waals surface area contributed by atoms with Crippen LogP contribution in [0.1, 0.15) is 5.56 Å². The van der Waals surface area contributed by atoms with Gasteiger partial charge in [-0.05, 0) is 36.0 Å². The second-order valence-corrected chi connectivity index (χ2v) is 7.34. The van der Waals surface area contributed by atoms with Crippen molar-refractivity contribution in [2.24, 2.45) is 0 Å². The molecule has 0 saturated heterocycles. The van der Waals surface area contributed by atoms with Gasteiger partial charge in [-0.1, -0.05) is 48.0 Å². The molecular formula is C21H19ClN6OS. The maximum absolute atomic E-state index is 5.96. The summed E-state index contributed by atoms with van der Waals surface area (Å²) in [5.41, 5.74) is 2.74. The van der Waals surface area contributed by atoms with Crippen LogP contribution in [-0.2, 0) is 13.3 Å². The second kappa shape index (κ2) is 9.43. The molecule has 0 radical (unpaired) electrons. The van der Waals surface area contributed by atoms with Crippen LogP contribution in [-0.4, -0.2) is 24.7 Å². The molecule has 7 nitrogen and oxygen atoms in total. The van der Waals surface area contributed by atoms with E-state index in [1.807, 2.05) is 41.2 Å². The number of thiocarbonyl (C=S) groups is 1. The smallest absolute Gasteiger partial charge is 0.180 e. The highest BCUT2D eigenvalue weighted by atomic mass is 35.5. The van der Waals surface area contributed by atoms with Gasteiger partial charge in [0, 0.05) is 11.2 Å². The van der Waals surface area contributed by atoms with Crippen molar-refractivity contribution in [3.05, 3.63) is 90.0 Å². The van der Waals surface area contributed by atoms with Gasteiger partial charge in [0.1, 0.15) is 5.75 Å². The van der Waals surface area contributed by atoms with E-state index in [-0.39, 0.29) is 6.73 Å². The lowest BCUT2D eigenvalue weighted by Crippen LogP contribution is -2.18. The molecule has 0 aliphatic heterocycles. The fourth-order valence-corrected chi connectivity index (χ4v) is 3.19. The van der Waals surface area contributed by atoms with Gasteiger partial charge in [-0.25, -0.2) is 4.68 Å². The number of hydrogen-bond donors (Lipinski definition) is 2. The Morgan fingerprint density at radius 2 is 1.63 bits per heavy atom. The van der Waals surface area contributed by atoms with Crippen molar-refractivity contribution in [1.29, 1.82) is 0 Å². The quantitative estimate of drug-likeness (QED) is 0.410. The van der Waals surface area contributed by atoms with E-state index >= 15 is 0 Å². The van der Waals surface area contributed by atoms with Crippen molar-refractivity contribution in [3.8, 4) is 5.75 Å². The molecule has 30 heavy (non-hydrogen) atoms. The Morgan fingerprint density at radius 1 is 0.933 bits per heavy atom. The Balaban J connectivity index is 1.27. The average Bonchev–Trinajstić information content (AvgIpc) is 3.36. The number of ether oxygens (including phenoxy) is 1. The van der Waals surface area contributed by atoms with Gasteiger partial charge in [0.25, 0.3) is 0 Å². The Morgan fingerprint density at radius 3 is 2.37 bits per heavy atom. The van der Waals surface area contributed by atoms with Gasteiger partial charge in [0.2, 0.25) is 0 Å². The normalized spacial score (nSPS) is 10.6. The van der Waals surface area contributed by atoms with Gasteiger partial charge in [0.15, 0.2) is 11.8 Å². The van der Waals surface area contributed by atoms with Crippen molar-refractivity contribution in [2.45, 2.75) is 13.3 Å². The molecule has 0 aliphatic carbocycles. The number of nitrogens with zero attached hydrogens (tertiary/aromatic N) is 4. The van der Waals surface area contributed by atoms with Crippen LogP contribution in [0.2, 0.25) is 5.02 Å². The number of benzene rings is 2. The molecule has 0 bridgehead atoms. The summed E-state index contributed by atoms with van der Waals surface area (Å²) in [5, 5.41) is 15.9. The molecule has 2 heterocycles. The number of rotatable bonds is 7. The van der Waals surface area contributed by atoms with E-state index in [0.29, 0.717) is 22.4 Å². The van der Waals surface area contributed by atoms with E-state index in [9.17, 15) is 0 Å². The zero-order chi connectivity index (χ0) is 20.8. The first kappa shape index (κ1) is 19.9. The van der Waals surface area contributed by atoms with Crippen LogP contribution < -0.4 is 15.4 Å². The lowest BCUT2D eigenvalue weighted by atomic mass is 10.2. The molecule has 0 atom stereocenters. The third kappa shape index (κ3) is 5.59. The third-order valence-corrected chi connectivity index (χ3v) is 4.57. The lowest BCUT2D eigenvalue weighted by molar-refractivity contribution is 0.221. The summed E-state index contributed by atoms with van der Waals surface area (Å²) in [6.45, 7) is 0.955. The zero-order valence-electron chi connectivity index (χ0n) is 15.9. The van der Waals surface area contributed by atoms with E-state index in [4.69, 9.17) is 28.6 Å². The van der Waals surface area contributed by atoms with Crippen LogP contribution in [0, 0.1) is 0 Å². The Labute approximate surface area is 184 Å². The molecule has 4 rings (SSSR count). The van der Waals surface area contributed by atoms with E-state index in [0.717, 1.165) is 11.4 Å². The monoisotopic (exact) mass is 438 g/mol. The molecule has 2 aromatic heterocycles. The van der Waals surface area contributed by atoms with Crippen LogP contribution in [0.3, 0.4) is 0 Å². The molecule has 2 N–H and O–H groups in total. The van der Waals surface area contributed by atoms with Gasteiger partial charge >= 0.3 is 0 Å². The molecular weight excluding hydrogens is 420 g/mol. The summed E-state index contributed by atoms with van der Waals surface area (Å²) in [7, 11) is 0. The van der Waals surface area contributed by atoms with Gasteiger partial charge < -0.3 is 15.4 Å². The predicted molar refractivity (Wildman–Crippen MR) is 122 cm³/mol. The van der Waals surface area contributed by atoms with Crippen LogP contribution in [0.5, 0.6) is 5.75 Å². The van der Waals surface area contributed by atoms with Crippen molar-refractivity contribution >= 4 is 40.3 Å². The fourth-order valence-electron chi connectivity index (χ4n) is 2.77. The maximum Gasteiger partial charge on any atom is 0.180 e. The third-order valence-electron chi connectivity index (χ3n) is 4.13. The Bertz CT molecular complexity index is 1130. The lowest BCUT2D eigenvalue weighted by Gasteiger charge is -2.07. The minimum atomic E-state index is 0.258. The number of halogens is 1. The summed E-state index contributed by atoms with van der Waals surface area (Å²) in [6, 6.07) is 17.4. The van der Waals surface area contributed by atoms with Crippen molar-refractivity contribution in [3.63, 3.8) is 0 Å². The van der Waals surface area contributed by atoms with E-state index in [2.05, 4.69) is 33.0 Å². The van der Waals surface area contributed by atoms with Crippen LogP contribution >= 0.6 is 23.8 Å². The molecule has 0 saturated carbocycles. The SMILES string of the molecule is S=C(Nc1cnn(COc2cccc(Cl)c2)c1)Nc1cnn(Cc2ccccc2)c1. The number of aromatic nitrogens is 4. The molecule has 152 valence electrons. The standard InChI is InChI=1S/C21H19ClN6OS/c22-17-7-4-8-20(9-17)29-15-28-14-19(11-24-28)26-21(30)25-18-10-23-27(13-18)12-16-5-2-1-3-6-16/h1-11,13-14H,12,15H2,(H2,25,26,30). The van der Waals surface area contributed by atoms with Gasteiger partial charge in [0.05, 0.1) is 36.5 Å². The summed E-state index contributed by atoms with van der Waals surface area (Å²) < 4.78 is 9.18. The van der Waals surface area contributed by atoms with Gasteiger partial charge in [-0.15, -0.1) is 0 Å². The van der Waals surface area contributed by atoms with Crippen molar-refractivity contribution in [2.75, 3.05) is 10.6 Å². The number of anilines is 2. The largest absolute Gasteiger partial charge is 0.471 e. The highest BCUT2D eigenvalue weighted by molar-refractivity contribution is 7.80. The van der Waals surface area contributed by atoms with Crippen molar-refractivity contribution < 1.29 is 4.74 Å². The summed E-state index contributed by atoms with van der Waals surface area (Å²) in [4.78, 5) is 0. The minimum Gasteiger partial charge on any atom is -0.471 e. The minimum absolute atomic E-state index is 0.258. The summed E-state index contributed by atoms with van der Waals surface area (Å²) in [5.74, 6) is 0.678. The first-order valence-electron chi connectivity index (χ1n) is 9.19. The first-order valence-corrected chi connectivity index (χ1v) is 9.98. The summed E-state index contributed by atoms with van der Waals surface area (Å²) >= 11 is 11.3. The van der Waals surface area contributed by atoms with Crippen LogP contribution in [0.4, 0.5) is 11.4 Å². The molecule has 0 spiro atoms. The summed E-state index contributed by atoms with van der Waals surface area (Å²) in [6.07, 6.45) is 7.12. The number of hydrogen-bond acceptors (Lipinski definition) is 4. The topological polar surface area (TPSA) is 68.9 Å². The van der Waals surface area contributed by atoms with Crippen LogP contribution in [0.25, 0.3) is 0 Å². The fraction of sp³-hybridized carbons (Fsp3) is 0.0952. The molecule has 4 aromatic rings. The molecule has 0 unspecified atom stereocenters. The zero-order valence-corrected chi connectivity index (χ0v) is 17.5. The number of nitrogens with one attached hydrogen (secondary N) is 2. The molecule has 0 amide bonds. The Hall–Kier alpha value is -3.36. The van der Waals surface area contributed by atoms with Crippen molar-refractivity contribution in [1.82, 2.24) is 19.6 Å².